The number of hydrogen-bond acceptors (Lipinski definition) is 3. The molecule has 1 aliphatic rings. The highest BCUT2D eigenvalue weighted by Gasteiger charge is 2.51. The van der Waals surface area contributed by atoms with E-state index in [9.17, 15) is 9.59 Å². The monoisotopic (exact) mass is 228 g/mol. The molecule has 16 heavy (non-hydrogen) atoms. The first-order chi connectivity index (χ1) is 7.60. The van der Waals surface area contributed by atoms with Crippen molar-refractivity contribution in [1.82, 2.24) is 10.6 Å². The second-order valence-electron chi connectivity index (χ2n) is 3.72. The van der Waals surface area contributed by atoms with Gasteiger partial charge in [-0.3, -0.25) is 14.6 Å². The molecule has 6 heteroatoms. The van der Waals surface area contributed by atoms with Crippen molar-refractivity contribution in [3.05, 3.63) is 0 Å². The maximum absolute atomic E-state index is 11.9. The number of aliphatic hydroxyl groups is 1. The van der Waals surface area contributed by atoms with E-state index in [4.69, 9.17) is 5.11 Å². The Morgan fingerprint density at radius 2 is 1.69 bits per heavy atom. The van der Waals surface area contributed by atoms with Crippen molar-refractivity contribution in [2.24, 2.45) is 5.41 Å². The van der Waals surface area contributed by atoms with Gasteiger partial charge < -0.3 is 5.11 Å². The zero-order valence-electron chi connectivity index (χ0n) is 9.59. The third-order valence-electron chi connectivity index (χ3n) is 2.97. The van der Waals surface area contributed by atoms with E-state index in [0.717, 1.165) is 0 Å². The largest absolute Gasteiger partial charge is 0.393 e. The van der Waals surface area contributed by atoms with Crippen LogP contribution in [-0.2, 0) is 9.59 Å². The van der Waals surface area contributed by atoms with Gasteiger partial charge in [-0.15, -0.1) is 0 Å². The predicted octanol–water partition coefficient (Wildman–Crippen LogP) is -2.53. The van der Waals surface area contributed by atoms with Gasteiger partial charge in [-0.25, -0.2) is 10.6 Å². The minimum atomic E-state index is -0.968. The van der Waals surface area contributed by atoms with Crippen molar-refractivity contribution in [3.63, 3.8) is 0 Å². The van der Waals surface area contributed by atoms with Crippen molar-refractivity contribution in [2.75, 3.05) is 13.2 Å². The molecule has 0 unspecified atom stereocenters. The molecule has 0 atom stereocenters. The average molecular weight is 228 g/mol. The van der Waals surface area contributed by atoms with Gasteiger partial charge in [0.2, 0.25) is 0 Å². The van der Waals surface area contributed by atoms with Gasteiger partial charge in [0, 0.05) is 0 Å². The molecule has 1 aliphatic heterocycles. The molecule has 0 aliphatic carbocycles. The van der Waals surface area contributed by atoms with E-state index >= 15 is 0 Å². The molecule has 4 N–H and O–H groups in total. The first-order valence-electron chi connectivity index (χ1n) is 5.45. The molecule has 0 bridgehead atoms. The minimum Gasteiger partial charge on any atom is -0.393 e. The lowest BCUT2D eigenvalue weighted by Crippen LogP contribution is -2.84. The standard InChI is InChI=1S/C10H17N3O3/c1-3-10(4-2)7(15)12-9(11-5-6-14)13-8(10)16/h14H,3-6H2,1-2H3,(H2,11,12,13,15,16)/p+1. The van der Waals surface area contributed by atoms with Crippen LogP contribution in [0.3, 0.4) is 0 Å². The summed E-state index contributed by atoms with van der Waals surface area (Å²) >= 11 is 0. The quantitative estimate of drug-likeness (QED) is 0.400. The molecule has 1 rings (SSSR count). The Kier molecular flexibility index (Phi) is 4.00. The Balaban J connectivity index is 2.87. The van der Waals surface area contributed by atoms with Crippen LogP contribution in [0, 0.1) is 5.41 Å². The van der Waals surface area contributed by atoms with Gasteiger partial charge in [0.05, 0.1) is 13.2 Å². The number of amides is 2. The summed E-state index contributed by atoms with van der Waals surface area (Å²) in [4.78, 5) is 26.5. The van der Waals surface area contributed by atoms with E-state index in [1.165, 1.54) is 0 Å². The van der Waals surface area contributed by atoms with Crippen molar-refractivity contribution < 1.29 is 19.7 Å². The molecule has 1 fully saturated rings. The minimum absolute atomic E-state index is 0.0675. The molecule has 6 nitrogen and oxygen atoms in total. The van der Waals surface area contributed by atoms with E-state index in [1.54, 1.807) is 0 Å². The van der Waals surface area contributed by atoms with E-state index < -0.39 is 5.41 Å². The Labute approximate surface area is 94.1 Å². The zero-order chi connectivity index (χ0) is 12.2. The third-order valence-corrected chi connectivity index (χ3v) is 2.97. The summed E-state index contributed by atoms with van der Waals surface area (Å²) in [6.07, 6.45) is 0.933. The topological polar surface area (TPSA) is 92.4 Å². The highest BCUT2D eigenvalue weighted by atomic mass is 16.3. The lowest BCUT2D eigenvalue weighted by molar-refractivity contribution is -0.464. The molecular weight excluding hydrogens is 210 g/mol. The highest BCUT2D eigenvalue weighted by molar-refractivity contribution is 6.19. The molecule has 1 heterocycles. The molecule has 0 aromatic carbocycles. The van der Waals surface area contributed by atoms with Crippen LogP contribution in [0.2, 0.25) is 0 Å². The number of nitrogens with one attached hydrogen (secondary N) is 3. The van der Waals surface area contributed by atoms with Gasteiger partial charge in [0.25, 0.3) is 11.8 Å². The molecule has 1 saturated heterocycles. The predicted molar refractivity (Wildman–Crippen MR) is 57.2 cm³/mol. The summed E-state index contributed by atoms with van der Waals surface area (Å²) < 4.78 is 0. The van der Waals surface area contributed by atoms with E-state index in [1.807, 2.05) is 13.8 Å². The van der Waals surface area contributed by atoms with Crippen LogP contribution in [0.4, 0.5) is 0 Å². The first-order valence-corrected chi connectivity index (χ1v) is 5.45. The fourth-order valence-electron chi connectivity index (χ4n) is 1.76. The number of guanidine groups is 1. The summed E-state index contributed by atoms with van der Waals surface area (Å²) in [5, 5.41) is 13.8. The van der Waals surface area contributed by atoms with Gasteiger partial charge in [-0.2, -0.15) is 0 Å². The highest BCUT2D eigenvalue weighted by Crippen LogP contribution is 2.28. The number of carbonyl (C=O) groups is 2. The normalized spacial score (nSPS) is 19.1. The molecule has 0 aromatic heterocycles. The SMILES string of the molecule is CCC1(CC)C(=O)NC(=[NH+]CCO)NC1=O. The van der Waals surface area contributed by atoms with Gasteiger partial charge in [0.1, 0.15) is 0 Å². The van der Waals surface area contributed by atoms with Gasteiger partial charge in [-0.1, -0.05) is 13.8 Å². The number of hydrogen-bond donors (Lipinski definition) is 4. The summed E-state index contributed by atoms with van der Waals surface area (Å²) in [6, 6.07) is 0. The smallest absolute Gasteiger partial charge is 0.358 e. The molecule has 90 valence electrons. The maximum Gasteiger partial charge on any atom is 0.358 e. The van der Waals surface area contributed by atoms with Crippen LogP contribution in [0.25, 0.3) is 0 Å². The van der Waals surface area contributed by atoms with E-state index in [2.05, 4.69) is 15.6 Å². The van der Waals surface area contributed by atoms with Crippen LogP contribution >= 0.6 is 0 Å². The number of carbonyl (C=O) groups excluding carboxylic acids is 2. The lowest BCUT2D eigenvalue weighted by atomic mass is 9.79. The summed E-state index contributed by atoms with van der Waals surface area (Å²) in [5.41, 5.74) is -0.968. The lowest BCUT2D eigenvalue weighted by Gasteiger charge is -2.28. The van der Waals surface area contributed by atoms with Crippen molar-refractivity contribution >= 4 is 17.8 Å². The molecular formula is C10H18N3O3+. The molecule has 0 aromatic rings. The molecule has 0 spiro atoms. The number of rotatable bonds is 4. The fraction of sp³-hybridized carbons (Fsp3) is 0.700. The van der Waals surface area contributed by atoms with Gasteiger partial charge in [0.15, 0.2) is 5.41 Å². The Bertz CT molecular complexity index is 299. The maximum atomic E-state index is 11.9. The van der Waals surface area contributed by atoms with Crippen molar-refractivity contribution in [1.29, 1.82) is 0 Å². The van der Waals surface area contributed by atoms with Gasteiger partial charge >= 0.3 is 5.96 Å². The van der Waals surface area contributed by atoms with Crippen LogP contribution in [0.5, 0.6) is 0 Å². The number of aliphatic hydroxyl groups excluding tert-OH is 1. The van der Waals surface area contributed by atoms with Crippen LogP contribution < -0.4 is 15.6 Å². The van der Waals surface area contributed by atoms with Gasteiger partial charge in [-0.05, 0) is 12.8 Å². The molecule has 0 saturated carbocycles. The summed E-state index contributed by atoms with van der Waals surface area (Å²) in [6.45, 7) is 3.84. The Hall–Kier alpha value is -1.43. The fourth-order valence-corrected chi connectivity index (χ4v) is 1.76. The van der Waals surface area contributed by atoms with E-state index in [0.29, 0.717) is 12.8 Å². The zero-order valence-corrected chi connectivity index (χ0v) is 9.59. The average Bonchev–Trinajstić information content (AvgIpc) is 2.27. The second-order valence-corrected chi connectivity index (χ2v) is 3.72. The summed E-state index contributed by atoms with van der Waals surface area (Å²) in [5.74, 6) is -0.329. The molecule has 0 radical (unpaired) electrons. The summed E-state index contributed by atoms with van der Waals surface area (Å²) in [7, 11) is 0. The second kappa shape index (κ2) is 5.07. The van der Waals surface area contributed by atoms with Crippen molar-refractivity contribution in [2.45, 2.75) is 26.7 Å². The van der Waals surface area contributed by atoms with Crippen LogP contribution in [0.1, 0.15) is 26.7 Å². The van der Waals surface area contributed by atoms with Crippen LogP contribution in [-0.4, -0.2) is 36.0 Å². The third kappa shape index (κ3) is 2.06. The first kappa shape index (κ1) is 12.6. The van der Waals surface area contributed by atoms with E-state index in [-0.39, 0.29) is 30.9 Å². The van der Waals surface area contributed by atoms with Crippen LogP contribution in [0.15, 0.2) is 0 Å². The Morgan fingerprint density at radius 3 is 2.06 bits per heavy atom. The van der Waals surface area contributed by atoms with Crippen molar-refractivity contribution in [3.8, 4) is 0 Å². The molecule has 2 amide bonds. The Morgan fingerprint density at radius 1 is 1.19 bits per heavy atom.